The number of nitrogens with zero attached hydrogens (tertiary/aromatic N) is 3. The van der Waals surface area contributed by atoms with Gasteiger partial charge in [-0.15, -0.1) is 12.4 Å². The van der Waals surface area contributed by atoms with Crippen LogP contribution in [0.2, 0.25) is 0 Å². The van der Waals surface area contributed by atoms with Crippen LogP contribution in [-0.2, 0) is 29.5 Å². The van der Waals surface area contributed by atoms with Crippen molar-refractivity contribution in [3.63, 3.8) is 0 Å². The Bertz CT molecular complexity index is 868. The summed E-state index contributed by atoms with van der Waals surface area (Å²) in [5, 5.41) is 7.77. The van der Waals surface area contributed by atoms with Crippen LogP contribution in [0.4, 0.5) is 0 Å². The Kier molecular flexibility index (Phi) is 6.05. The molecule has 0 saturated carbocycles. The highest BCUT2D eigenvalue weighted by Crippen LogP contribution is 2.29. The zero-order valence-electron chi connectivity index (χ0n) is 16.1. The number of benzene rings is 1. The van der Waals surface area contributed by atoms with Crippen molar-refractivity contribution in [2.45, 2.75) is 37.9 Å². The number of rotatable bonds is 3. The van der Waals surface area contributed by atoms with E-state index >= 15 is 0 Å². The van der Waals surface area contributed by atoms with Crippen molar-refractivity contribution in [1.29, 1.82) is 0 Å². The Balaban J connectivity index is 0.00000225. The van der Waals surface area contributed by atoms with Gasteiger partial charge in [-0.2, -0.15) is 5.10 Å². The van der Waals surface area contributed by atoms with E-state index in [4.69, 9.17) is 4.74 Å². The third kappa shape index (κ3) is 3.64. The lowest BCUT2D eigenvalue weighted by molar-refractivity contribution is -0.134. The number of hydrogen-bond donors (Lipinski definition) is 1. The number of esters is 1. The number of halogens is 1. The number of aryl methyl sites for hydroxylation is 1. The maximum Gasteiger partial charge on any atom is 0.358 e. The molecule has 8 heteroatoms. The fourth-order valence-electron chi connectivity index (χ4n) is 4.15. The summed E-state index contributed by atoms with van der Waals surface area (Å²) in [5.41, 5.74) is 3.34. The number of methoxy groups -OCH3 is 1. The molecule has 0 aliphatic carbocycles. The molecule has 0 radical (unpaired) electrons. The van der Waals surface area contributed by atoms with E-state index in [0.717, 1.165) is 24.1 Å². The van der Waals surface area contributed by atoms with Crippen molar-refractivity contribution in [2.75, 3.05) is 13.7 Å². The maximum atomic E-state index is 13.1. The second-order valence-electron chi connectivity index (χ2n) is 7.16. The van der Waals surface area contributed by atoms with E-state index in [-0.39, 0.29) is 30.4 Å². The predicted molar refractivity (Wildman–Crippen MR) is 106 cm³/mol. The lowest BCUT2D eigenvalue weighted by Gasteiger charge is -2.30. The molecule has 2 aromatic rings. The molecule has 2 aliphatic heterocycles. The van der Waals surface area contributed by atoms with Gasteiger partial charge in [0.25, 0.3) is 0 Å². The van der Waals surface area contributed by atoms with E-state index in [9.17, 15) is 9.59 Å². The smallest absolute Gasteiger partial charge is 0.358 e. The summed E-state index contributed by atoms with van der Waals surface area (Å²) in [7, 11) is 3.17. The monoisotopic (exact) mass is 404 g/mol. The van der Waals surface area contributed by atoms with Crippen LogP contribution in [0, 0.1) is 0 Å². The molecule has 1 aromatic carbocycles. The minimum Gasteiger partial charge on any atom is -0.464 e. The van der Waals surface area contributed by atoms with Gasteiger partial charge in [0.2, 0.25) is 5.91 Å². The SMILES string of the molecule is COC(=O)c1nn(C)c2c1CN(C(=O)[C@H]1CC[C@H](c3ccccc3)N1)CC2.Cl. The molecule has 0 bridgehead atoms. The minimum atomic E-state index is -0.454. The quantitative estimate of drug-likeness (QED) is 0.792. The van der Waals surface area contributed by atoms with Gasteiger partial charge in [-0.1, -0.05) is 30.3 Å². The number of amides is 1. The van der Waals surface area contributed by atoms with Crippen molar-refractivity contribution < 1.29 is 14.3 Å². The molecule has 1 aromatic heterocycles. The number of ether oxygens (including phenoxy) is 1. The molecule has 2 atom stereocenters. The number of fused-ring (bicyclic) bond motifs is 1. The van der Waals surface area contributed by atoms with Gasteiger partial charge in [-0.05, 0) is 18.4 Å². The first-order valence-corrected chi connectivity index (χ1v) is 9.31. The minimum absolute atomic E-state index is 0. The molecule has 150 valence electrons. The van der Waals surface area contributed by atoms with E-state index in [1.165, 1.54) is 12.7 Å². The summed E-state index contributed by atoms with van der Waals surface area (Å²) in [4.78, 5) is 26.9. The largest absolute Gasteiger partial charge is 0.464 e. The van der Waals surface area contributed by atoms with Gasteiger partial charge in [-0.3, -0.25) is 14.8 Å². The number of hydrogen-bond acceptors (Lipinski definition) is 5. The average Bonchev–Trinajstić information content (AvgIpc) is 3.33. The van der Waals surface area contributed by atoms with Gasteiger partial charge in [0.15, 0.2) is 5.69 Å². The topological polar surface area (TPSA) is 76.5 Å². The van der Waals surface area contributed by atoms with Crippen LogP contribution in [0.25, 0.3) is 0 Å². The Morgan fingerprint density at radius 1 is 1.21 bits per heavy atom. The normalized spacial score (nSPS) is 21.0. The molecule has 1 fully saturated rings. The van der Waals surface area contributed by atoms with Crippen LogP contribution >= 0.6 is 12.4 Å². The van der Waals surface area contributed by atoms with Crippen LogP contribution in [0.1, 0.15) is 46.2 Å². The molecule has 4 rings (SSSR count). The first-order valence-electron chi connectivity index (χ1n) is 9.31. The van der Waals surface area contributed by atoms with Gasteiger partial charge in [0, 0.05) is 43.9 Å². The second-order valence-corrected chi connectivity index (χ2v) is 7.16. The van der Waals surface area contributed by atoms with Crippen LogP contribution in [-0.4, -0.2) is 46.3 Å². The molecular weight excluding hydrogens is 380 g/mol. The summed E-state index contributed by atoms with van der Waals surface area (Å²) in [6.45, 7) is 1.04. The highest BCUT2D eigenvalue weighted by Gasteiger charge is 2.36. The van der Waals surface area contributed by atoms with Crippen LogP contribution < -0.4 is 5.32 Å². The van der Waals surface area contributed by atoms with Gasteiger partial charge >= 0.3 is 5.97 Å². The number of aromatic nitrogens is 2. The summed E-state index contributed by atoms with van der Waals surface area (Å²) in [6, 6.07) is 10.3. The third-order valence-corrected chi connectivity index (χ3v) is 5.58. The van der Waals surface area contributed by atoms with Crippen molar-refractivity contribution in [3.05, 3.63) is 52.8 Å². The van der Waals surface area contributed by atoms with Crippen LogP contribution in [0.15, 0.2) is 30.3 Å². The Hall–Kier alpha value is -2.38. The van der Waals surface area contributed by atoms with Gasteiger partial charge < -0.3 is 9.64 Å². The molecule has 2 aliphatic rings. The van der Waals surface area contributed by atoms with E-state index in [1.807, 2.05) is 30.1 Å². The highest BCUT2D eigenvalue weighted by molar-refractivity contribution is 5.90. The standard InChI is InChI=1S/C20H24N4O3.ClH/c1-23-17-10-11-24(12-14(17)18(22-23)20(26)27-2)19(25)16-9-8-15(21-16)13-6-4-3-5-7-13;/h3-7,15-16,21H,8-12H2,1-2H3;1H/t15-,16-;/m1./s1. The Morgan fingerprint density at radius 3 is 2.68 bits per heavy atom. The molecule has 1 N–H and O–H groups in total. The molecule has 3 heterocycles. The van der Waals surface area contributed by atoms with Crippen LogP contribution in [0.3, 0.4) is 0 Å². The Labute approximate surface area is 170 Å². The fraction of sp³-hybridized carbons (Fsp3) is 0.450. The summed E-state index contributed by atoms with van der Waals surface area (Å²) < 4.78 is 6.57. The Morgan fingerprint density at radius 2 is 1.96 bits per heavy atom. The third-order valence-electron chi connectivity index (χ3n) is 5.58. The number of nitrogens with one attached hydrogen (secondary N) is 1. The van der Waals surface area contributed by atoms with Crippen molar-refractivity contribution in [3.8, 4) is 0 Å². The predicted octanol–water partition coefficient (Wildman–Crippen LogP) is 2.01. The molecule has 1 saturated heterocycles. The molecule has 7 nitrogen and oxygen atoms in total. The molecule has 0 spiro atoms. The highest BCUT2D eigenvalue weighted by atomic mass is 35.5. The van der Waals surface area contributed by atoms with Crippen molar-refractivity contribution >= 4 is 24.3 Å². The van der Waals surface area contributed by atoms with Crippen LogP contribution in [0.5, 0.6) is 0 Å². The van der Waals surface area contributed by atoms with Gasteiger partial charge in [-0.25, -0.2) is 4.79 Å². The molecular formula is C20H25ClN4O3. The van der Waals surface area contributed by atoms with Crippen molar-refractivity contribution in [2.24, 2.45) is 7.05 Å². The summed E-state index contributed by atoms with van der Waals surface area (Å²) >= 11 is 0. The first kappa shape index (κ1) is 20.4. The van der Waals surface area contributed by atoms with E-state index < -0.39 is 5.97 Å². The first-order chi connectivity index (χ1) is 13.1. The van der Waals surface area contributed by atoms with Crippen molar-refractivity contribution in [1.82, 2.24) is 20.0 Å². The molecule has 0 unspecified atom stereocenters. The van der Waals surface area contributed by atoms with E-state index in [1.54, 1.807) is 4.68 Å². The van der Waals surface area contributed by atoms with E-state index in [0.29, 0.717) is 25.2 Å². The summed E-state index contributed by atoms with van der Waals surface area (Å²) in [6.07, 6.45) is 2.45. The number of carbonyl (C=O) groups is 2. The molecule has 28 heavy (non-hydrogen) atoms. The van der Waals surface area contributed by atoms with Gasteiger partial charge in [0.1, 0.15) is 0 Å². The second kappa shape index (κ2) is 8.32. The van der Waals surface area contributed by atoms with E-state index in [2.05, 4.69) is 22.5 Å². The maximum absolute atomic E-state index is 13.1. The molecule has 1 amide bonds. The van der Waals surface area contributed by atoms with Gasteiger partial charge in [0.05, 0.1) is 13.2 Å². The zero-order valence-corrected chi connectivity index (χ0v) is 16.9. The lowest BCUT2D eigenvalue weighted by atomic mass is 10.0. The lowest BCUT2D eigenvalue weighted by Crippen LogP contribution is -2.46. The summed E-state index contributed by atoms with van der Waals surface area (Å²) in [5.74, 6) is -0.358. The average molecular weight is 405 g/mol. The fourth-order valence-corrected chi connectivity index (χ4v) is 4.15. The zero-order chi connectivity index (χ0) is 19.0. The number of carbonyl (C=O) groups excluding carboxylic acids is 2.